The largest absolute Gasteiger partial charge is 0.373 e. The maximum atomic E-state index is 12.0. The smallest absolute Gasteiger partial charge is 0.293 e. The van der Waals surface area contributed by atoms with Crippen LogP contribution in [0.3, 0.4) is 0 Å². The van der Waals surface area contributed by atoms with Crippen molar-refractivity contribution in [2.45, 2.75) is 12.1 Å². The van der Waals surface area contributed by atoms with Crippen LogP contribution in [-0.4, -0.2) is 47.3 Å². The summed E-state index contributed by atoms with van der Waals surface area (Å²) in [4.78, 5) is 18.5. The van der Waals surface area contributed by atoms with Gasteiger partial charge in [0.25, 0.3) is 5.56 Å². The normalized spacial score (nSPS) is 22.0. The number of benzene rings is 1. The molecule has 2 heterocycles. The van der Waals surface area contributed by atoms with Gasteiger partial charge in [0.15, 0.2) is 5.82 Å². The average molecular weight is 314 g/mol. The highest BCUT2D eigenvalue weighted by molar-refractivity contribution is 5.31. The lowest BCUT2D eigenvalue weighted by Crippen LogP contribution is -2.46. The minimum Gasteiger partial charge on any atom is -0.373 e. The monoisotopic (exact) mass is 314 g/mol. The van der Waals surface area contributed by atoms with Crippen LogP contribution in [0.1, 0.15) is 11.6 Å². The number of nitrogens with zero attached hydrogens (tertiary/aromatic N) is 3. The lowest BCUT2D eigenvalue weighted by Gasteiger charge is -2.39. The number of nitrogens with one attached hydrogen (secondary N) is 1. The molecule has 0 aliphatic carbocycles. The number of anilines is 1. The highest BCUT2D eigenvalue weighted by Crippen LogP contribution is 2.28. The van der Waals surface area contributed by atoms with E-state index in [0.717, 1.165) is 6.54 Å². The van der Waals surface area contributed by atoms with E-state index in [1.165, 1.54) is 10.1 Å². The molecule has 122 valence electrons. The number of aromatic nitrogens is 2. The van der Waals surface area contributed by atoms with Gasteiger partial charge in [-0.1, -0.05) is 30.3 Å². The molecule has 1 N–H and O–H groups in total. The van der Waals surface area contributed by atoms with Crippen LogP contribution >= 0.6 is 0 Å². The van der Waals surface area contributed by atoms with E-state index >= 15 is 0 Å². The second-order valence-electron chi connectivity index (χ2n) is 5.82. The van der Waals surface area contributed by atoms with Crippen molar-refractivity contribution in [1.82, 2.24) is 14.5 Å². The minimum absolute atomic E-state index is 0.0390. The maximum absolute atomic E-state index is 12.0. The number of aryl methyl sites for hydroxylation is 1. The number of ether oxygens (including phenoxy) is 1. The van der Waals surface area contributed by atoms with Gasteiger partial charge in [-0.2, -0.15) is 0 Å². The SMILES string of the molecule is CN1CCO[C@@H](CNc2nccn(C)c2=O)[C@@H]1c1ccccc1. The molecule has 1 aliphatic heterocycles. The number of hydrogen-bond acceptors (Lipinski definition) is 5. The maximum Gasteiger partial charge on any atom is 0.293 e. The summed E-state index contributed by atoms with van der Waals surface area (Å²) in [5.41, 5.74) is 1.09. The third-order valence-electron chi connectivity index (χ3n) is 4.23. The van der Waals surface area contributed by atoms with Gasteiger partial charge in [0.2, 0.25) is 0 Å². The van der Waals surface area contributed by atoms with Crippen molar-refractivity contribution in [3.05, 3.63) is 58.6 Å². The Labute approximate surface area is 135 Å². The third-order valence-corrected chi connectivity index (χ3v) is 4.23. The van der Waals surface area contributed by atoms with Crippen molar-refractivity contribution in [3.63, 3.8) is 0 Å². The van der Waals surface area contributed by atoms with E-state index in [9.17, 15) is 4.79 Å². The van der Waals surface area contributed by atoms with Crippen molar-refractivity contribution in [3.8, 4) is 0 Å². The van der Waals surface area contributed by atoms with E-state index in [1.807, 2.05) is 18.2 Å². The highest BCUT2D eigenvalue weighted by atomic mass is 16.5. The topological polar surface area (TPSA) is 59.4 Å². The number of hydrogen-bond donors (Lipinski definition) is 1. The standard InChI is InChI=1S/C17H22N4O2/c1-20-10-11-23-14(15(20)13-6-4-3-5-7-13)12-19-16-17(22)21(2)9-8-18-16/h3-9,14-15H,10-12H2,1-2H3,(H,18,19)/t14-,15-/m0/s1. The Morgan fingerprint density at radius 3 is 2.87 bits per heavy atom. The molecule has 2 aromatic rings. The Morgan fingerprint density at radius 1 is 1.30 bits per heavy atom. The zero-order chi connectivity index (χ0) is 16.2. The molecule has 1 aromatic heterocycles. The zero-order valence-electron chi connectivity index (χ0n) is 13.5. The van der Waals surface area contributed by atoms with Crippen molar-refractivity contribution in [1.29, 1.82) is 0 Å². The fourth-order valence-corrected chi connectivity index (χ4v) is 2.97. The summed E-state index contributed by atoms with van der Waals surface area (Å²) in [6.45, 7) is 2.12. The van der Waals surface area contributed by atoms with Crippen LogP contribution in [0.4, 0.5) is 5.82 Å². The molecule has 23 heavy (non-hydrogen) atoms. The van der Waals surface area contributed by atoms with Crippen LogP contribution in [0.15, 0.2) is 47.5 Å². The molecular formula is C17H22N4O2. The molecule has 1 aromatic carbocycles. The van der Waals surface area contributed by atoms with Crippen molar-refractivity contribution in [2.75, 3.05) is 32.1 Å². The molecule has 6 nitrogen and oxygen atoms in total. The summed E-state index contributed by atoms with van der Waals surface area (Å²) in [6, 6.07) is 10.5. The fraction of sp³-hybridized carbons (Fsp3) is 0.412. The summed E-state index contributed by atoms with van der Waals surface area (Å²) in [7, 11) is 3.82. The molecule has 3 rings (SSSR count). The van der Waals surface area contributed by atoms with E-state index in [0.29, 0.717) is 19.0 Å². The summed E-state index contributed by atoms with van der Waals surface area (Å²) < 4.78 is 7.48. The quantitative estimate of drug-likeness (QED) is 0.921. The first-order valence-corrected chi connectivity index (χ1v) is 7.79. The molecular weight excluding hydrogens is 292 g/mol. The van der Waals surface area contributed by atoms with Gasteiger partial charge >= 0.3 is 0 Å². The van der Waals surface area contributed by atoms with E-state index in [1.54, 1.807) is 19.4 Å². The van der Waals surface area contributed by atoms with Gasteiger partial charge in [0, 0.05) is 32.5 Å². The lowest BCUT2D eigenvalue weighted by molar-refractivity contribution is -0.0557. The van der Waals surface area contributed by atoms with Crippen molar-refractivity contribution in [2.24, 2.45) is 7.05 Å². The second-order valence-corrected chi connectivity index (χ2v) is 5.82. The van der Waals surface area contributed by atoms with E-state index < -0.39 is 0 Å². The van der Waals surface area contributed by atoms with Crippen LogP contribution in [-0.2, 0) is 11.8 Å². The predicted molar refractivity (Wildman–Crippen MR) is 89.5 cm³/mol. The van der Waals surface area contributed by atoms with Crippen LogP contribution in [0.2, 0.25) is 0 Å². The van der Waals surface area contributed by atoms with Gasteiger partial charge in [-0.05, 0) is 12.6 Å². The minimum atomic E-state index is -0.132. The van der Waals surface area contributed by atoms with Crippen LogP contribution in [0.25, 0.3) is 0 Å². The highest BCUT2D eigenvalue weighted by Gasteiger charge is 2.31. The van der Waals surface area contributed by atoms with Crippen molar-refractivity contribution < 1.29 is 4.74 Å². The third kappa shape index (κ3) is 3.43. The first-order valence-electron chi connectivity index (χ1n) is 7.79. The predicted octanol–water partition coefficient (Wildman–Crippen LogP) is 1.26. The molecule has 1 fully saturated rings. The lowest BCUT2D eigenvalue weighted by atomic mass is 9.98. The Kier molecular flexibility index (Phi) is 4.73. The Morgan fingerprint density at radius 2 is 2.09 bits per heavy atom. The van der Waals surface area contributed by atoms with Gasteiger partial charge in [-0.25, -0.2) is 4.98 Å². The summed E-state index contributed by atoms with van der Waals surface area (Å²) in [5.74, 6) is 0.360. The number of rotatable bonds is 4. The zero-order valence-corrected chi connectivity index (χ0v) is 13.5. The Bertz CT molecular complexity index is 701. The van der Waals surface area contributed by atoms with Gasteiger partial charge in [-0.3, -0.25) is 9.69 Å². The number of likely N-dealkylation sites (N-methyl/N-ethyl adjacent to an activating group) is 1. The molecule has 0 bridgehead atoms. The van der Waals surface area contributed by atoms with Crippen LogP contribution in [0, 0.1) is 0 Å². The molecule has 1 saturated heterocycles. The summed E-state index contributed by atoms with van der Waals surface area (Å²) >= 11 is 0. The molecule has 2 atom stereocenters. The second kappa shape index (κ2) is 6.93. The summed E-state index contributed by atoms with van der Waals surface area (Å²) in [5, 5.41) is 3.15. The van der Waals surface area contributed by atoms with E-state index in [4.69, 9.17) is 4.74 Å². The van der Waals surface area contributed by atoms with Crippen LogP contribution in [0.5, 0.6) is 0 Å². The average Bonchev–Trinajstić information content (AvgIpc) is 2.57. The Balaban J connectivity index is 1.77. The molecule has 0 amide bonds. The number of morpholine rings is 1. The first kappa shape index (κ1) is 15.7. The van der Waals surface area contributed by atoms with Gasteiger partial charge in [-0.15, -0.1) is 0 Å². The van der Waals surface area contributed by atoms with E-state index in [2.05, 4.69) is 34.4 Å². The summed E-state index contributed by atoms with van der Waals surface area (Å²) in [6.07, 6.45) is 3.22. The van der Waals surface area contributed by atoms with Gasteiger partial charge in [0.05, 0.1) is 18.8 Å². The fourth-order valence-electron chi connectivity index (χ4n) is 2.97. The van der Waals surface area contributed by atoms with Crippen LogP contribution < -0.4 is 10.9 Å². The van der Waals surface area contributed by atoms with Crippen molar-refractivity contribution >= 4 is 5.82 Å². The molecule has 0 saturated carbocycles. The van der Waals surface area contributed by atoms with Gasteiger partial charge < -0.3 is 14.6 Å². The molecule has 0 radical (unpaired) electrons. The Hall–Kier alpha value is -2.18. The van der Waals surface area contributed by atoms with Gasteiger partial charge in [0.1, 0.15) is 0 Å². The molecule has 0 spiro atoms. The van der Waals surface area contributed by atoms with E-state index in [-0.39, 0.29) is 17.7 Å². The molecule has 6 heteroatoms. The first-order chi connectivity index (χ1) is 11.2. The molecule has 1 aliphatic rings. The molecule has 0 unspecified atom stereocenters.